The molecule has 2 N–H and O–H groups in total. The third-order valence-electron chi connectivity index (χ3n) is 4.25. The number of thiophene rings is 1. The number of hydrogen-bond donors (Lipinski definition) is 2. The Bertz CT molecular complexity index is 995. The lowest BCUT2D eigenvalue weighted by atomic mass is 10.1. The molecule has 0 aliphatic heterocycles. The number of ether oxygens (including phenoxy) is 2. The van der Waals surface area contributed by atoms with Gasteiger partial charge in [-0.05, 0) is 55.3 Å². The van der Waals surface area contributed by atoms with E-state index in [1.165, 1.54) is 11.3 Å². The Balaban J connectivity index is 1.55. The summed E-state index contributed by atoms with van der Waals surface area (Å²) in [7, 11) is 1.62. The molecule has 6 nitrogen and oxygen atoms in total. The number of methoxy groups -OCH3 is 1. The monoisotopic (exact) mass is 410 g/mol. The van der Waals surface area contributed by atoms with Crippen molar-refractivity contribution < 1.29 is 19.1 Å². The third-order valence-corrected chi connectivity index (χ3v) is 5.30. The molecule has 1 aromatic heterocycles. The van der Waals surface area contributed by atoms with E-state index in [2.05, 4.69) is 10.9 Å². The predicted molar refractivity (Wildman–Crippen MR) is 113 cm³/mol. The zero-order valence-corrected chi connectivity index (χ0v) is 17.3. The standard InChI is InChI=1S/C22H22N2O4S/c1-14-4-8-18(9-5-14)28-13-21(25)23-24-22(26)20-12-19(15(2)29-20)16-6-10-17(27-3)11-7-16/h4-12H,13H2,1-3H3,(H,23,25)(H,24,26). The maximum atomic E-state index is 12.4. The fraction of sp³-hybridized carbons (Fsp3) is 0.182. The van der Waals surface area contributed by atoms with E-state index in [0.717, 1.165) is 27.3 Å². The number of hydrogen-bond acceptors (Lipinski definition) is 5. The molecule has 2 aromatic carbocycles. The molecule has 7 heteroatoms. The van der Waals surface area contributed by atoms with Gasteiger partial charge in [-0.1, -0.05) is 29.8 Å². The van der Waals surface area contributed by atoms with E-state index >= 15 is 0 Å². The first kappa shape index (κ1) is 20.4. The van der Waals surface area contributed by atoms with Crippen molar-refractivity contribution >= 4 is 23.2 Å². The molecule has 0 fully saturated rings. The van der Waals surface area contributed by atoms with E-state index < -0.39 is 5.91 Å². The van der Waals surface area contributed by atoms with Gasteiger partial charge in [-0.25, -0.2) is 0 Å². The molecule has 0 radical (unpaired) electrons. The maximum absolute atomic E-state index is 12.4. The van der Waals surface area contributed by atoms with Gasteiger partial charge in [-0.15, -0.1) is 11.3 Å². The summed E-state index contributed by atoms with van der Waals surface area (Å²) in [6, 6.07) is 16.8. The van der Waals surface area contributed by atoms with E-state index in [-0.39, 0.29) is 12.5 Å². The minimum atomic E-state index is -0.442. The van der Waals surface area contributed by atoms with E-state index in [9.17, 15) is 9.59 Å². The first-order valence-corrected chi connectivity index (χ1v) is 9.81. The Labute approximate surface area is 173 Å². The second-order valence-corrected chi connectivity index (χ2v) is 7.67. The second kappa shape index (κ2) is 9.25. The summed E-state index contributed by atoms with van der Waals surface area (Å²) < 4.78 is 10.6. The van der Waals surface area contributed by atoms with Crippen molar-refractivity contribution in [3.63, 3.8) is 0 Å². The zero-order chi connectivity index (χ0) is 20.8. The minimum Gasteiger partial charge on any atom is -0.497 e. The molecule has 0 bridgehead atoms. The number of benzene rings is 2. The van der Waals surface area contributed by atoms with Crippen molar-refractivity contribution in [2.24, 2.45) is 0 Å². The number of amides is 2. The van der Waals surface area contributed by atoms with Gasteiger partial charge in [0, 0.05) is 4.88 Å². The van der Waals surface area contributed by atoms with Gasteiger partial charge in [-0.2, -0.15) is 0 Å². The summed E-state index contributed by atoms with van der Waals surface area (Å²) in [5, 5.41) is 0. The topological polar surface area (TPSA) is 76.7 Å². The highest BCUT2D eigenvalue weighted by Gasteiger charge is 2.14. The van der Waals surface area contributed by atoms with Crippen LogP contribution in [0.25, 0.3) is 11.1 Å². The Morgan fingerprint density at radius 2 is 1.59 bits per heavy atom. The lowest BCUT2D eigenvalue weighted by Crippen LogP contribution is -2.43. The molecule has 0 atom stereocenters. The molecule has 29 heavy (non-hydrogen) atoms. The van der Waals surface area contributed by atoms with Crippen LogP contribution in [0.15, 0.2) is 54.6 Å². The van der Waals surface area contributed by atoms with Crippen molar-refractivity contribution in [3.8, 4) is 22.6 Å². The molecule has 0 spiro atoms. The molecule has 150 valence electrons. The highest BCUT2D eigenvalue weighted by atomic mass is 32.1. The molecule has 0 aliphatic carbocycles. The van der Waals surface area contributed by atoms with Crippen molar-refractivity contribution in [3.05, 3.63) is 69.9 Å². The maximum Gasteiger partial charge on any atom is 0.279 e. The predicted octanol–water partition coefficient (Wildman–Crippen LogP) is 3.88. The molecule has 1 heterocycles. The van der Waals surface area contributed by atoms with E-state index in [4.69, 9.17) is 9.47 Å². The number of hydrazine groups is 1. The zero-order valence-electron chi connectivity index (χ0n) is 16.4. The van der Waals surface area contributed by atoms with E-state index in [1.807, 2.05) is 56.3 Å². The van der Waals surface area contributed by atoms with Gasteiger partial charge in [-0.3, -0.25) is 20.4 Å². The van der Waals surface area contributed by atoms with Crippen molar-refractivity contribution in [2.75, 3.05) is 13.7 Å². The molecular formula is C22H22N2O4S. The fourth-order valence-electron chi connectivity index (χ4n) is 2.66. The molecule has 0 aliphatic rings. The quantitative estimate of drug-likeness (QED) is 0.605. The Morgan fingerprint density at radius 1 is 0.931 bits per heavy atom. The second-order valence-electron chi connectivity index (χ2n) is 6.41. The average Bonchev–Trinajstić information content (AvgIpc) is 3.13. The van der Waals surface area contributed by atoms with Crippen LogP contribution in [0.1, 0.15) is 20.1 Å². The Morgan fingerprint density at radius 3 is 2.24 bits per heavy atom. The minimum absolute atomic E-state index is 0.191. The van der Waals surface area contributed by atoms with Crippen LogP contribution in [0, 0.1) is 13.8 Å². The fourth-order valence-corrected chi connectivity index (χ4v) is 3.60. The van der Waals surface area contributed by atoms with Gasteiger partial charge in [0.05, 0.1) is 12.0 Å². The highest BCUT2D eigenvalue weighted by Crippen LogP contribution is 2.31. The molecule has 3 rings (SSSR count). The van der Waals surface area contributed by atoms with Gasteiger partial charge in [0.25, 0.3) is 11.8 Å². The van der Waals surface area contributed by atoms with Crippen LogP contribution < -0.4 is 20.3 Å². The largest absolute Gasteiger partial charge is 0.497 e. The summed E-state index contributed by atoms with van der Waals surface area (Å²) in [6.45, 7) is 3.73. The molecular weight excluding hydrogens is 388 g/mol. The van der Waals surface area contributed by atoms with Crippen LogP contribution in [0.3, 0.4) is 0 Å². The summed E-state index contributed by atoms with van der Waals surface area (Å²) in [5.41, 5.74) is 7.87. The van der Waals surface area contributed by atoms with Crippen LogP contribution in [-0.2, 0) is 4.79 Å². The Kier molecular flexibility index (Phi) is 6.51. The number of carbonyl (C=O) groups excluding carboxylic acids is 2. The first-order chi connectivity index (χ1) is 14.0. The van der Waals surface area contributed by atoms with Crippen LogP contribution in [0.2, 0.25) is 0 Å². The summed E-state index contributed by atoms with van der Waals surface area (Å²) in [5.74, 6) is 0.550. The molecule has 0 unspecified atom stereocenters. The summed E-state index contributed by atoms with van der Waals surface area (Å²) in [6.07, 6.45) is 0. The average molecular weight is 410 g/mol. The molecule has 2 amide bonds. The van der Waals surface area contributed by atoms with Gasteiger partial charge >= 0.3 is 0 Å². The van der Waals surface area contributed by atoms with Crippen LogP contribution >= 0.6 is 11.3 Å². The lowest BCUT2D eigenvalue weighted by molar-refractivity contribution is -0.123. The molecule has 3 aromatic rings. The summed E-state index contributed by atoms with van der Waals surface area (Å²) >= 11 is 1.36. The third kappa shape index (κ3) is 5.36. The van der Waals surface area contributed by atoms with Gasteiger partial charge in [0.1, 0.15) is 11.5 Å². The van der Waals surface area contributed by atoms with Gasteiger partial charge < -0.3 is 9.47 Å². The molecule has 0 saturated carbocycles. The van der Waals surface area contributed by atoms with E-state index in [1.54, 1.807) is 19.2 Å². The Hall–Kier alpha value is -3.32. The SMILES string of the molecule is COc1ccc(-c2cc(C(=O)NNC(=O)COc3ccc(C)cc3)sc2C)cc1. The van der Waals surface area contributed by atoms with Crippen molar-refractivity contribution in [1.29, 1.82) is 0 Å². The molecule has 0 saturated heterocycles. The van der Waals surface area contributed by atoms with Gasteiger partial charge in [0.15, 0.2) is 6.61 Å². The highest BCUT2D eigenvalue weighted by molar-refractivity contribution is 7.14. The van der Waals surface area contributed by atoms with Gasteiger partial charge in [0.2, 0.25) is 0 Å². The van der Waals surface area contributed by atoms with Crippen molar-refractivity contribution in [1.82, 2.24) is 10.9 Å². The van der Waals surface area contributed by atoms with Crippen LogP contribution in [-0.4, -0.2) is 25.5 Å². The van der Waals surface area contributed by atoms with Crippen LogP contribution in [0.5, 0.6) is 11.5 Å². The number of aryl methyl sites for hydroxylation is 2. The summed E-state index contributed by atoms with van der Waals surface area (Å²) in [4.78, 5) is 25.8. The smallest absolute Gasteiger partial charge is 0.279 e. The number of rotatable bonds is 6. The lowest BCUT2D eigenvalue weighted by Gasteiger charge is -2.08. The number of carbonyl (C=O) groups is 2. The normalized spacial score (nSPS) is 10.3. The first-order valence-electron chi connectivity index (χ1n) is 9.00. The number of nitrogens with one attached hydrogen (secondary N) is 2. The van der Waals surface area contributed by atoms with Crippen molar-refractivity contribution in [2.45, 2.75) is 13.8 Å². The van der Waals surface area contributed by atoms with Crippen LogP contribution in [0.4, 0.5) is 0 Å². The van der Waals surface area contributed by atoms with E-state index in [0.29, 0.717) is 10.6 Å².